The Morgan fingerprint density at radius 1 is 0.827 bits per heavy atom. The van der Waals surface area contributed by atoms with Gasteiger partial charge in [-0.25, -0.2) is 0 Å². The maximum absolute atomic E-state index is 14.0. The third kappa shape index (κ3) is 11.0. The van der Waals surface area contributed by atoms with E-state index in [9.17, 15) is 51.3 Å². The van der Waals surface area contributed by atoms with Crippen LogP contribution in [0.4, 0.5) is 22.0 Å². The summed E-state index contributed by atoms with van der Waals surface area (Å²) in [6.45, 7) is 18.9. The maximum Gasteiger partial charge on any atom is 0.449 e. The molecule has 3 fully saturated rings. The van der Waals surface area contributed by atoms with Crippen molar-refractivity contribution >= 4 is 23.9 Å². The van der Waals surface area contributed by atoms with Gasteiger partial charge in [-0.05, 0) is 101 Å². The second-order valence-electron chi connectivity index (χ2n) is 16.4. The molecule has 0 radical (unpaired) electrons. The number of cyclic esters (lactones) is 1. The molecule has 0 amide bonds. The van der Waals surface area contributed by atoms with Crippen molar-refractivity contribution in [1.82, 2.24) is 0 Å². The summed E-state index contributed by atoms with van der Waals surface area (Å²) >= 11 is 0. The van der Waals surface area contributed by atoms with E-state index >= 15 is 0 Å². The van der Waals surface area contributed by atoms with Gasteiger partial charge in [0.2, 0.25) is 5.60 Å². The first-order chi connectivity index (χ1) is 23.3. The van der Waals surface area contributed by atoms with E-state index in [0.29, 0.717) is 13.3 Å². The standard InChI is InChI=1S/C14H26O3.C12H17F5O4.C10H16O4/c1-6-13(2,3)12(15)17-11-9-7-8-10(11)14(4,5)16;1-5-8(2,3)7(18)21-9(4)6-20-11(19,10(9,13)14)12(15,16)17;1-4-10(2,3)9(12)14-7-5-8(11)13-6-7/h10-11,16H,6-9H2,1-5H3;19H,5-6H2,1-4H3;7H,4-6H2,1-3H3. The van der Waals surface area contributed by atoms with Gasteiger partial charge in [-0.3, -0.25) is 19.2 Å². The first-order valence-electron chi connectivity index (χ1n) is 17.6. The van der Waals surface area contributed by atoms with Gasteiger partial charge in [0.05, 0.1) is 34.9 Å². The predicted octanol–water partition coefficient (Wildman–Crippen LogP) is 6.83. The van der Waals surface area contributed by atoms with Crippen LogP contribution in [-0.2, 0) is 42.9 Å². The van der Waals surface area contributed by atoms with Crippen LogP contribution in [0.2, 0.25) is 0 Å². The minimum atomic E-state index is -5.74. The highest BCUT2D eigenvalue weighted by atomic mass is 19.4. The van der Waals surface area contributed by atoms with Crippen LogP contribution in [0, 0.1) is 22.2 Å². The number of esters is 4. The number of halogens is 5. The quantitative estimate of drug-likeness (QED) is 0.137. The van der Waals surface area contributed by atoms with Crippen LogP contribution >= 0.6 is 0 Å². The number of aliphatic hydroxyl groups is 2. The molecule has 2 N–H and O–H groups in total. The summed E-state index contributed by atoms with van der Waals surface area (Å²) in [7, 11) is 0. The van der Waals surface area contributed by atoms with E-state index < -0.39 is 57.9 Å². The van der Waals surface area contributed by atoms with Gasteiger partial charge in [0, 0.05) is 5.92 Å². The summed E-state index contributed by atoms with van der Waals surface area (Å²) in [5.41, 5.74) is -5.74. The topological polar surface area (TPSA) is 155 Å². The second kappa shape index (κ2) is 16.8. The maximum atomic E-state index is 14.0. The van der Waals surface area contributed by atoms with Crippen LogP contribution in [0.1, 0.15) is 128 Å². The molecular weight excluding hydrogens is 703 g/mol. The molecule has 1 saturated carbocycles. The monoisotopic (exact) mass is 762 g/mol. The van der Waals surface area contributed by atoms with Crippen LogP contribution < -0.4 is 0 Å². The number of rotatable bonds is 10. The number of carbonyl (C=O) groups is 4. The van der Waals surface area contributed by atoms with E-state index in [1.807, 2.05) is 41.5 Å². The molecule has 5 unspecified atom stereocenters. The van der Waals surface area contributed by atoms with Crippen molar-refractivity contribution in [2.75, 3.05) is 13.2 Å². The zero-order chi connectivity index (χ0) is 40.9. The summed E-state index contributed by atoms with van der Waals surface area (Å²) in [5.74, 6) is -11.3. The highest BCUT2D eigenvalue weighted by Crippen LogP contribution is 2.54. The van der Waals surface area contributed by atoms with Gasteiger partial charge < -0.3 is 33.9 Å². The molecule has 2 heterocycles. The van der Waals surface area contributed by atoms with Crippen molar-refractivity contribution in [1.29, 1.82) is 0 Å². The first kappa shape index (κ1) is 47.4. The fourth-order valence-corrected chi connectivity index (χ4v) is 4.96. The summed E-state index contributed by atoms with van der Waals surface area (Å²) in [4.78, 5) is 46.2. The molecule has 5 atom stereocenters. The number of hydrogen-bond acceptors (Lipinski definition) is 11. The number of hydrogen-bond donors (Lipinski definition) is 2. The largest absolute Gasteiger partial charge is 0.462 e. The van der Waals surface area contributed by atoms with Gasteiger partial charge in [-0.2, -0.15) is 22.0 Å². The molecule has 1 aliphatic carbocycles. The minimum Gasteiger partial charge on any atom is -0.462 e. The van der Waals surface area contributed by atoms with Crippen LogP contribution in [0.25, 0.3) is 0 Å². The third-order valence-corrected chi connectivity index (χ3v) is 10.4. The van der Waals surface area contributed by atoms with Crippen molar-refractivity contribution in [3.05, 3.63) is 0 Å². The fraction of sp³-hybridized carbons (Fsp3) is 0.889. The van der Waals surface area contributed by atoms with Crippen molar-refractivity contribution in [3.8, 4) is 0 Å². The highest BCUT2D eigenvalue weighted by molar-refractivity contribution is 5.78. The third-order valence-electron chi connectivity index (χ3n) is 10.4. The lowest BCUT2D eigenvalue weighted by molar-refractivity contribution is -0.409. The Kier molecular flexibility index (Phi) is 15.3. The van der Waals surface area contributed by atoms with E-state index in [4.69, 9.17) is 14.2 Å². The number of ether oxygens (including phenoxy) is 5. The molecule has 3 rings (SSSR count). The Morgan fingerprint density at radius 3 is 1.67 bits per heavy atom. The van der Waals surface area contributed by atoms with Gasteiger partial charge in [-0.1, -0.05) is 20.8 Å². The van der Waals surface area contributed by atoms with Gasteiger partial charge in [0.1, 0.15) is 18.8 Å². The molecule has 0 bridgehead atoms. The lowest BCUT2D eigenvalue weighted by atomic mass is 9.87. The highest BCUT2D eigenvalue weighted by Gasteiger charge is 2.82. The van der Waals surface area contributed by atoms with Crippen molar-refractivity contribution in [2.45, 2.75) is 169 Å². The SMILES string of the molecule is CCC(C)(C)C(=O)OC1(C)COC(O)(C(F)(F)F)C1(F)F.CCC(C)(C)C(=O)OC1CCCC1C(C)(C)O.CCC(C)(C)C(=O)OC1COC(=O)C1. The van der Waals surface area contributed by atoms with E-state index in [0.717, 1.165) is 25.7 Å². The molecule has 0 aromatic rings. The molecular formula is C36H59F5O11. The summed E-state index contributed by atoms with van der Waals surface area (Å²) in [6, 6.07) is 0. The predicted molar refractivity (Wildman–Crippen MR) is 178 cm³/mol. The molecule has 3 aliphatic rings. The molecule has 16 heteroatoms. The zero-order valence-corrected chi connectivity index (χ0v) is 32.6. The summed E-state index contributed by atoms with van der Waals surface area (Å²) < 4.78 is 89.8. The van der Waals surface area contributed by atoms with Crippen molar-refractivity contribution in [3.63, 3.8) is 0 Å². The van der Waals surface area contributed by atoms with Crippen LogP contribution in [0.15, 0.2) is 0 Å². The Labute approximate surface area is 303 Å². The van der Waals surface area contributed by atoms with Gasteiger partial charge in [0.15, 0.2) is 0 Å². The van der Waals surface area contributed by atoms with E-state index in [1.54, 1.807) is 20.8 Å². The van der Waals surface area contributed by atoms with Gasteiger partial charge >= 0.3 is 41.8 Å². The van der Waals surface area contributed by atoms with E-state index in [-0.39, 0.29) is 55.5 Å². The first-order valence-corrected chi connectivity index (χ1v) is 17.6. The molecule has 11 nitrogen and oxygen atoms in total. The van der Waals surface area contributed by atoms with Gasteiger partial charge in [0.25, 0.3) is 0 Å². The van der Waals surface area contributed by atoms with E-state index in [1.165, 1.54) is 13.8 Å². The van der Waals surface area contributed by atoms with Crippen molar-refractivity contribution < 1.29 is 75.0 Å². The van der Waals surface area contributed by atoms with Gasteiger partial charge in [-0.15, -0.1) is 0 Å². The normalized spacial score (nSPS) is 27.8. The van der Waals surface area contributed by atoms with Crippen LogP contribution in [0.3, 0.4) is 0 Å². The molecule has 0 aromatic heterocycles. The molecule has 52 heavy (non-hydrogen) atoms. The lowest BCUT2D eigenvalue weighted by Crippen LogP contribution is -2.63. The Bertz CT molecular complexity index is 1260. The number of carbonyl (C=O) groups excluding carboxylic acids is 4. The lowest BCUT2D eigenvalue weighted by Gasteiger charge is -2.37. The molecule has 304 valence electrons. The number of alkyl halides is 5. The van der Waals surface area contributed by atoms with Crippen LogP contribution in [0.5, 0.6) is 0 Å². The molecule has 2 saturated heterocycles. The smallest absolute Gasteiger partial charge is 0.449 e. The molecule has 0 aromatic carbocycles. The minimum absolute atomic E-state index is 0.0686. The summed E-state index contributed by atoms with van der Waals surface area (Å²) in [6.07, 6.45) is -1.49. The molecule has 2 aliphatic heterocycles. The van der Waals surface area contributed by atoms with Crippen molar-refractivity contribution in [2.24, 2.45) is 22.2 Å². The Hall–Kier alpha value is -2.59. The average Bonchev–Trinajstić information content (AvgIpc) is 3.71. The zero-order valence-electron chi connectivity index (χ0n) is 32.6. The average molecular weight is 763 g/mol. The second-order valence-corrected chi connectivity index (χ2v) is 16.4. The molecule has 0 spiro atoms. The van der Waals surface area contributed by atoms with E-state index in [2.05, 4.69) is 9.47 Å². The Balaban J connectivity index is 0.000000398. The Morgan fingerprint density at radius 2 is 1.29 bits per heavy atom. The van der Waals surface area contributed by atoms with Crippen LogP contribution in [-0.4, -0.2) is 88.6 Å². The fourth-order valence-electron chi connectivity index (χ4n) is 4.96. The summed E-state index contributed by atoms with van der Waals surface area (Å²) in [5, 5.41) is 19.2.